The number of H-pyrrole nitrogens is 1. The molecule has 0 saturated heterocycles. The van der Waals surface area contributed by atoms with E-state index in [9.17, 15) is 4.79 Å². The van der Waals surface area contributed by atoms with E-state index in [4.69, 9.17) is 4.74 Å². The molecule has 0 bridgehead atoms. The number of aryl methyl sites for hydroxylation is 1. The number of fused-ring (bicyclic) bond motifs is 1. The molecule has 7 nitrogen and oxygen atoms in total. The van der Waals surface area contributed by atoms with Crippen LogP contribution in [0.15, 0.2) is 36.4 Å². The Kier molecular flexibility index (Phi) is 4.46. The number of amides is 1. The normalized spacial score (nSPS) is 10.7. The molecular formula is C16H17N5O2. The first-order chi connectivity index (χ1) is 11.3. The molecule has 0 atom stereocenters. The second-order valence-electron chi connectivity index (χ2n) is 5.09. The Morgan fingerprint density at radius 1 is 1.30 bits per heavy atom. The summed E-state index contributed by atoms with van der Waals surface area (Å²) in [6.45, 7) is 0.262. The predicted octanol–water partition coefficient (Wildman–Crippen LogP) is 1.61. The molecule has 23 heavy (non-hydrogen) atoms. The highest BCUT2D eigenvalue weighted by molar-refractivity contribution is 5.87. The zero-order valence-electron chi connectivity index (χ0n) is 12.7. The van der Waals surface area contributed by atoms with Crippen molar-refractivity contribution >= 4 is 16.7 Å². The molecule has 0 spiro atoms. The number of nitrogens with zero attached hydrogens (tertiary/aromatic N) is 3. The highest BCUT2D eigenvalue weighted by Crippen LogP contribution is 2.25. The Balaban J connectivity index is 1.76. The number of hydrogen-bond acceptors (Lipinski definition) is 5. The minimum Gasteiger partial charge on any atom is -0.485 e. The van der Waals surface area contributed by atoms with Gasteiger partial charge >= 0.3 is 0 Å². The van der Waals surface area contributed by atoms with Crippen LogP contribution in [0, 0.1) is 0 Å². The van der Waals surface area contributed by atoms with Crippen LogP contribution in [0.4, 0.5) is 0 Å². The number of benzene rings is 2. The molecule has 3 rings (SSSR count). The molecule has 2 N–H and O–H groups in total. The molecule has 0 aliphatic rings. The molecule has 0 fully saturated rings. The topological polar surface area (TPSA) is 92.8 Å². The Bertz CT molecular complexity index is 801. The number of aromatic nitrogens is 4. The number of hydrogen-bond donors (Lipinski definition) is 2. The van der Waals surface area contributed by atoms with Crippen molar-refractivity contribution < 1.29 is 9.53 Å². The van der Waals surface area contributed by atoms with Gasteiger partial charge in [0.15, 0.2) is 6.61 Å². The molecule has 0 radical (unpaired) electrons. The fourth-order valence-electron chi connectivity index (χ4n) is 2.40. The average Bonchev–Trinajstić information content (AvgIpc) is 3.11. The van der Waals surface area contributed by atoms with Gasteiger partial charge in [0.05, 0.1) is 0 Å². The van der Waals surface area contributed by atoms with Crippen molar-refractivity contribution in [1.82, 2.24) is 25.9 Å². The maximum absolute atomic E-state index is 11.4. The molecule has 1 aromatic heterocycles. The SMILES string of the molecule is CNC(=O)CCc1cccc2cc(OCc3nn[nH]n3)ccc12. The number of rotatable bonds is 6. The van der Waals surface area contributed by atoms with Crippen molar-refractivity contribution in [2.75, 3.05) is 7.05 Å². The molecule has 1 amide bonds. The van der Waals surface area contributed by atoms with Gasteiger partial charge in [0, 0.05) is 13.5 Å². The molecule has 2 aromatic carbocycles. The van der Waals surface area contributed by atoms with Gasteiger partial charge in [0.1, 0.15) is 5.75 Å². The second kappa shape index (κ2) is 6.87. The number of tetrazole rings is 1. The number of aromatic amines is 1. The minimum absolute atomic E-state index is 0.0436. The van der Waals surface area contributed by atoms with Gasteiger partial charge in [-0.3, -0.25) is 4.79 Å². The van der Waals surface area contributed by atoms with E-state index in [1.807, 2.05) is 36.4 Å². The highest BCUT2D eigenvalue weighted by atomic mass is 16.5. The average molecular weight is 311 g/mol. The van der Waals surface area contributed by atoms with E-state index < -0.39 is 0 Å². The summed E-state index contributed by atoms with van der Waals surface area (Å²) < 4.78 is 5.66. The van der Waals surface area contributed by atoms with E-state index in [2.05, 4.69) is 25.9 Å². The lowest BCUT2D eigenvalue weighted by atomic mass is 10.0. The second-order valence-corrected chi connectivity index (χ2v) is 5.09. The van der Waals surface area contributed by atoms with Crippen molar-refractivity contribution in [3.63, 3.8) is 0 Å². The van der Waals surface area contributed by atoms with Crippen molar-refractivity contribution in [1.29, 1.82) is 0 Å². The highest BCUT2D eigenvalue weighted by Gasteiger charge is 2.06. The van der Waals surface area contributed by atoms with Gasteiger partial charge in [-0.2, -0.15) is 5.21 Å². The Labute approximate surface area is 133 Å². The van der Waals surface area contributed by atoms with E-state index >= 15 is 0 Å². The largest absolute Gasteiger partial charge is 0.485 e. The summed E-state index contributed by atoms with van der Waals surface area (Å²) in [5.41, 5.74) is 1.15. The third kappa shape index (κ3) is 3.63. The van der Waals surface area contributed by atoms with E-state index in [1.165, 1.54) is 0 Å². The maximum atomic E-state index is 11.4. The summed E-state index contributed by atoms with van der Waals surface area (Å²) in [6.07, 6.45) is 1.19. The van der Waals surface area contributed by atoms with Crippen LogP contribution in [-0.4, -0.2) is 33.6 Å². The number of carbonyl (C=O) groups is 1. The maximum Gasteiger partial charge on any atom is 0.220 e. The minimum atomic E-state index is 0.0436. The fourth-order valence-corrected chi connectivity index (χ4v) is 2.40. The van der Waals surface area contributed by atoms with Gasteiger partial charge in [0.25, 0.3) is 0 Å². The van der Waals surface area contributed by atoms with Crippen LogP contribution in [-0.2, 0) is 17.8 Å². The van der Waals surface area contributed by atoms with Crippen LogP contribution in [0.2, 0.25) is 0 Å². The lowest BCUT2D eigenvalue weighted by Gasteiger charge is -2.09. The number of nitrogens with one attached hydrogen (secondary N) is 2. The summed E-state index contributed by atoms with van der Waals surface area (Å²) in [5.74, 6) is 1.29. The van der Waals surface area contributed by atoms with Crippen LogP contribution < -0.4 is 10.1 Å². The van der Waals surface area contributed by atoms with E-state index in [0.29, 0.717) is 18.7 Å². The van der Waals surface area contributed by atoms with Crippen molar-refractivity contribution in [2.45, 2.75) is 19.4 Å². The van der Waals surface area contributed by atoms with Crippen LogP contribution >= 0.6 is 0 Å². The summed E-state index contributed by atoms with van der Waals surface area (Å²) in [6, 6.07) is 12.0. The van der Waals surface area contributed by atoms with Crippen molar-refractivity contribution in [2.24, 2.45) is 0 Å². The number of carbonyl (C=O) groups excluding carboxylic acids is 1. The van der Waals surface area contributed by atoms with Crippen LogP contribution in [0.1, 0.15) is 17.8 Å². The smallest absolute Gasteiger partial charge is 0.220 e. The molecule has 0 aliphatic carbocycles. The lowest BCUT2D eigenvalue weighted by Crippen LogP contribution is -2.17. The van der Waals surface area contributed by atoms with Gasteiger partial charge in [0.2, 0.25) is 11.7 Å². The molecule has 118 valence electrons. The van der Waals surface area contributed by atoms with Gasteiger partial charge in [-0.15, -0.1) is 10.2 Å². The Morgan fingerprint density at radius 2 is 2.22 bits per heavy atom. The van der Waals surface area contributed by atoms with Gasteiger partial charge in [-0.05, 0) is 34.9 Å². The van der Waals surface area contributed by atoms with Crippen LogP contribution in [0.5, 0.6) is 5.75 Å². The monoisotopic (exact) mass is 311 g/mol. The zero-order valence-corrected chi connectivity index (χ0v) is 12.7. The zero-order chi connectivity index (χ0) is 16.1. The summed E-state index contributed by atoms with van der Waals surface area (Å²) in [7, 11) is 1.65. The molecule has 3 aromatic rings. The van der Waals surface area contributed by atoms with E-state index in [1.54, 1.807) is 7.05 Å². The summed E-state index contributed by atoms with van der Waals surface area (Å²) >= 11 is 0. The van der Waals surface area contributed by atoms with Crippen LogP contribution in [0.25, 0.3) is 10.8 Å². The molecule has 7 heteroatoms. The fraction of sp³-hybridized carbons (Fsp3) is 0.250. The first-order valence-corrected chi connectivity index (χ1v) is 7.33. The number of ether oxygens (including phenoxy) is 1. The van der Waals surface area contributed by atoms with Gasteiger partial charge in [-0.25, -0.2) is 0 Å². The molecule has 0 saturated carbocycles. The van der Waals surface area contributed by atoms with Gasteiger partial charge in [-0.1, -0.05) is 29.5 Å². The first kappa shape index (κ1) is 15.0. The third-order valence-electron chi connectivity index (χ3n) is 3.60. The quantitative estimate of drug-likeness (QED) is 0.721. The van der Waals surface area contributed by atoms with Gasteiger partial charge < -0.3 is 10.1 Å². The van der Waals surface area contributed by atoms with E-state index in [0.717, 1.165) is 22.1 Å². The molecule has 0 aliphatic heterocycles. The summed E-state index contributed by atoms with van der Waals surface area (Å²) in [5, 5.41) is 18.4. The predicted molar refractivity (Wildman–Crippen MR) is 84.8 cm³/mol. The molecular weight excluding hydrogens is 294 g/mol. The summed E-state index contributed by atoms with van der Waals surface area (Å²) in [4.78, 5) is 11.4. The Hall–Kier alpha value is -2.96. The molecule has 1 heterocycles. The molecule has 0 unspecified atom stereocenters. The standard InChI is InChI=1S/C16H17N5O2/c1-17-16(22)8-5-11-3-2-4-12-9-13(6-7-14(11)12)23-10-15-18-20-21-19-15/h2-4,6-7,9H,5,8,10H2,1H3,(H,17,22)(H,18,19,20,21). The third-order valence-corrected chi connectivity index (χ3v) is 3.60. The van der Waals surface area contributed by atoms with Crippen LogP contribution in [0.3, 0.4) is 0 Å². The first-order valence-electron chi connectivity index (χ1n) is 7.33. The van der Waals surface area contributed by atoms with Crippen molar-refractivity contribution in [3.05, 3.63) is 47.8 Å². The Morgan fingerprint density at radius 3 is 3.00 bits per heavy atom. The lowest BCUT2D eigenvalue weighted by molar-refractivity contribution is -0.120. The van der Waals surface area contributed by atoms with E-state index in [-0.39, 0.29) is 12.5 Å². The van der Waals surface area contributed by atoms with Crippen molar-refractivity contribution in [3.8, 4) is 5.75 Å².